The summed E-state index contributed by atoms with van der Waals surface area (Å²) in [5.41, 5.74) is 7.64. The maximum absolute atomic E-state index is 10.1. The van der Waals surface area contributed by atoms with Gasteiger partial charge in [0.05, 0.1) is 0 Å². The predicted molar refractivity (Wildman–Crippen MR) is 149 cm³/mol. The number of aromatic hydroxyl groups is 4. The fraction of sp³-hybridized carbons (Fsp3) is 0.273. The fourth-order valence-electron chi connectivity index (χ4n) is 5.42. The van der Waals surface area contributed by atoms with Gasteiger partial charge in [-0.3, -0.25) is 0 Å². The standard InChI is InChI=1S/C33H36O4/c1-21-13-25(5-9-29(21)34)17-33(18-26-6-10-30(35)22(2)14-26,19-27-7-11-31(36)23(3)15-27)20-28-8-12-32(37)24(4)16-28/h5-16,34-37H,17-20H2,1-4H3. The molecule has 4 rings (SSSR count). The van der Waals surface area contributed by atoms with E-state index in [1.807, 2.05) is 52.0 Å². The largest absolute Gasteiger partial charge is 0.508 e. The minimum Gasteiger partial charge on any atom is -0.508 e. The lowest BCUT2D eigenvalue weighted by atomic mass is 9.68. The average molecular weight is 497 g/mol. The van der Waals surface area contributed by atoms with Gasteiger partial charge in [0.25, 0.3) is 0 Å². The van der Waals surface area contributed by atoms with E-state index in [1.54, 1.807) is 24.3 Å². The Hall–Kier alpha value is -3.92. The van der Waals surface area contributed by atoms with Crippen molar-refractivity contribution in [2.75, 3.05) is 0 Å². The third kappa shape index (κ3) is 6.26. The Morgan fingerprint density at radius 1 is 0.405 bits per heavy atom. The van der Waals surface area contributed by atoms with Crippen molar-refractivity contribution in [3.05, 3.63) is 117 Å². The minimum absolute atomic E-state index is 0.264. The monoisotopic (exact) mass is 496 g/mol. The molecule has 4 aromatic rings. The van der Waals surface area contributed by atoms with Gasteiger partial charge < -0.3 is 20.4 Å². The van der Waals surface area contributed by atoms with Crippen LogP contribution < -0.4 is 0 Å². The first-order valence-electron chi connectivity index (χ1n) is 12.7. The van der Waals surface area contributed by atoms with Gasteiger partial charge in [-0.1, -0.05) is 48.5 Å². The first-order valence-corrected chi connectivity index (χ1v) is 12.7. The van der Waals surface area contributed by atoms with Crippen molar-refractivity contribution in [1.29, 1.82) is 0 Å². The Balaban J connectivity index is 1.85. The van der Waals surface area contributed by atoms with E-state index in [1.165, 1.54) is 0 Å². The zero-order chi connectivity index (χ0) is 26.7. The third-order valence-corrected chi connectivity index (χ3v) is 7.36. The van der Waals surface area contributed by atoms with Crippen LogP contribution in [0.4, 0.5) is 0 Å². The molecule has 0 saturated carbocycles. The Kier molecular flexibility index (Phi) is 7.49. The maximum Gasteiger partial charge on any atom is 0.118 e. The fourth-order valence-corrected chi connectivity index (χ4v) is 5.42. The van der Waals surface area contributed by atoms with Crippen molar-refractivity contribution >= 4 is 0 Å². The topological polar surface area (TPSA) is 80.9 Å². The Bertz CT molecular complexity index is 1200. The van der Waals surface area contributed by atoms with Gasteiger partial charge in [0.1, 0.15) is 23.0 Å². The molecule has 4 N–H and O–H groups in total. The van der Waals surface area contributed by atoms with Crippen molar-refractivity contribution < 1.29 is 20.4 Å². The van der Waals surface area contributed by atoms with Gasteiger partial charge in [-0.15, -0.1) is 0 Å². The maximum atomic E-state index is 10.1. The SMILES string of the molecule is Cc1cc(CC(Cc2ccc(O)c(C)c2)(Cc2ccc(O)c(C)c2)Cc2ccc(O)c(C)c2)ccc1O. The van der Waals surface area contributed by atoms with E-state index in [4.69, 9.17) is 0 Å². The molecule has 0 bridgehead atoms. The van der Waals surface area contributed by atoms with Crippen molar-refractivity contribution in [2.24, 2.45) is 5.41 Å². The third-order valence-electron chi connectivity index (χ3n) is 7.36. The second kappa shape index (κ2) is 10.6. The summed E-state index contributed by atoms with van der Waals surface area (Å²) in [6.45, 7) is 7.65. The van der Waals surface area contributed by atoms with Crippen molar-refractivity contribution in [3.8, 4) is 23.0 Å². The van der Waals surface area contributed by atoms with Crippen molar-refractivity contribution in [2.45, 2.75) is 53.4 Å². The van der Waals surface area contributed by atoms with Crippen LogP contribution in [0.25, 0.3) is 0 Å². The molecule has 37 heavy (non-hydrogen) atoms. The van der Waals surface area contributed by atoms with Gasteiger partial charge in [0.2, 0.25) is 0 Å². The second-order valence-corrected chi connectivity index (χ2v) is 10.7. The molecule has 0 atom stereocenters. The minimum atomic E-state index is -0.264. The van der Waals surface area contributed by atoms with Crippen LogP contribution in [0.3, 0.4) is 0 Å². The molecule has 0 radical (unpaired) electrons. The molecule has 4 aromatic carbocycles. The van der Waals surface area contributed by atoms with Crippen LogP contribution in [0.5, 0.6) is 23.0 Å². The van der Waals surface area contributed by atoms with E-state index in [2.05, 4.69) is 24.3 Å². The van der Waals surface area contributed by atoms with Gasteiger partial charge in [-0.05, 0) is 128 Å². The molecule has 0 saturated heterocycles. The molecule has 0 aromatic heterocycles. The van der Waals surface area contributed by atoms with Gasteiger partial charge in [-0.25, -0.2) is 0 Å². The van der Waals surface area contributed by atoms with Gasteiger partial charge >= 0.3 is 0 Å². The second-order valence-electron chi connectivity index (χ2n) is 10.7. The summed E-state index contributed by atoms with van der Waals surface area (Å²) in [6, 6.07) is 23.2. The molecule has 0 unspecified atom stereocenters. The highest BCUT2D eigenvalue weighted by Gasteiger charge is 2.32. The Morgan fingerprint density at radius 3 is 0.811 bits per heavy atom. The van der Waals surface area contributed by atoms with E-state index in [-0.39, 0.29) is 28.4 Å². The van der Waals surface area contributed by atoms with Crippen LogP contribution in [0.2, 0.25) is 0 Å². The summed E-state index contributed by atoms with van der Waals surface area (Å²) in [5, 5.41) is 40.6. The van der Waals surface area contributed by atoms with Crippen LogP contribution in [0.15, 0.2) is 72.8 Å². The predicted octanol–water partition coefficient (Wildman–Crippen LogP) is 7.00. The first-order chi connectivity index (χ1) is 17.5. The molecule has 0 aliphatic carbocycles. The van der Waals surface area contributed by atoms with Gasteiger partial charge in [0.15, 0.2) is 0 Å². The summed E-state index contributed by atoms with van der Waals surface area (Å²) in [5.74, 6) is 1.14. The zero-order valence-electron chi connectivity index (χ0n) is 22.0. The summed E-state index contributed by atoms with van der Waals surface area (Å²) in [6.07, 6.45) is 3.03. The molecule has 0 amide bonds. The highest BCUT2D eigenvalue weighted by molar-refractivity contribution is 5.41. The van der Waals surface area contributed by atoms with Crippen LogP contribution >= 0.6 is 0 Å². The van der Waals surface area contributed by atoms with E-state index in [0.29, 0.717) is 0 Å². The molecule has 0 heterocycles. The summed E-state index contributed by atoms with van der Waals surface area (Å²) in [7, 11) is 0. The molecule has 0 spiro atoms. The normalized spacial score (nSPS) is 11.6. The zero-order valence-corrected chi connectivity index (χ0v) is 22.0. The van der Waals surface area contributed by atoms with Crippen LogP contribution in [-0.2, 0) is 25.7 Å². The number of hydrogen-bond acceptors (Lipinski definition) is 4. The van der Waals surface area contributed by atoms with E-state index in [9.17, 15) is 20.4 Å². The average Bonchev–Trinajstić information content (AvgIpc) is 2.83. The molecule has 4 heteroatoms. The highest BCUT2D eigenvalue weighted by Crippen LogP contribution is 2.39. The molecular formula is C33H36O4. The molecule has 0 fully saturated rings. The highest BCUT2D eigenvalue weighted by atomic mass is 16.3. The number of phenolic OH excluding ortho intramolecular Hbond substituents is 4. The number of aryl methyl sites for hydroxylation is 4. The molecule has 0 aliphatic rings. The van der Waals surface area contributed by atoms with Crippen LogP contribution in [-0.4, -0.2) is 20.4 Å². The van der Waals surface area contributed by atoms with E-state index in [0.717, 1.165) is 70.2 Å². The Morgan fingerprint density at radius 2 is 0.622 bits per heavy atom. The molecule has 0 aliphatic heterocycles. The summed E-state index contributed by atoms with van der Waals surface area (Å²) >= 11 is 0. The number of phenols is 4. The lowest BCUT2D eigenvalue weighted by Crippen LogP contribution is -2.32. The van der Waals surface area contributed by atoms with E-state index < -0.39 is 0 Å². The summed E-state index contributed by atoms with van der Waals surface area (Å²) in [4.78, 5) is 0. The van der Waals surface area contributed by atoms with Gasteiger partial charge in [0, 0.05) is 0 Å². The first kappa shape index (κ1) is 26.2. The molecule has 4 nitrogen and oxygen atoms in total. The molecule has 192 valence electrons. The smallest absolute Gasteiger partial charge is 0.118 e. The molecular weight excluding hydrogens is 460 g/mol. The lowest BCUT2D eigenvalue weighted by Gasteiger charge is -2.36. The Labute approximate surface area is 219 Å². The van der Waals surface area contributed by atoms with E-state index >= 15 is 0 Å². The summed E-state index contributed by atoms with van der Waals surface area (Å²) < 4.78 is 0. The lowest BCUT2D eigenvalue weighted by molar-refractivity contribution is 0.275. The van der Waals surface area contributed by atoms with Crippen molar-refractivity contribution in [1.82, 2.24) is 0 Å². The van der Waals surface area contributed by atoms with Gasteiger partial charge in [-0.2, -0.15) is 0 Å². The number of rotatable bonds is 8. The quantitative estimate of drug-likeness (QED) is 0.212. The van der Waals surface area contributed by atoms with Crippen molar-refractivity contribution in [3.63, 3.8) is 0 Å². The van der Waals surface area contributed by atoms with Crippen LogP contribution in [0, 0.1) is 33.1 Å². The van der Waals surface area contributed by atoms with Crippen LogP contribution in [0.1, 0.15) is 44.5 Å². The number of benzene rings is 4. The number of hydrogen-bond donors (Lipinski definition) is 4.